The average molecular weight is 249 g/mol. The van der Waals surface area contributed by atoms with Gasteiger partial charge in [-0.1, -0.05) is 17.7 Å². The van der Waals surface area contributed by atoms with Crippen LogP contribution < -0.4 is 4.74 Å². The Labute approximate surface area is 109 Å². The summed E-state index contributed by atoms with van der Waals surface area (Å²) in [5, 5.41) is 9.28. The van der Waals surface area contributed by atoms with Crippen molar-refractivity contribution in [1.82, 2.24) is 4.90 Å². The van der Waals surface area contributed by atoms with Crippen molar-refractivity contribution < 1.29 is 9.84 Å². The van der Waals surface area contributed by atoms with Crippen molar-refractivity contribution in [2.45, 2.75) is 38.9 Å². The number of rotatable bonds is 5. The Morgan fingerprint density at radius 2 is 2.28 bits per heavy atom. The lowest BCUT2D eigenvalue weighted by Gasteiger charge is -2.21. The van der Waals surface area contributed by atoms with Gasteiger partial charge in [-0.3, -0.25) is 0 Å². The number of likely N-dealkylation sites (N-methyl/N-ethyl adjacent to an activating group) is 1. The van der Waals surface area contributed by atoms with E-state index in [1.54, 1.807) is 0 Å². The number of hydrogen-bond donors (Lipinski definition) is 1. The molecule has 0 bridgehead atoms. The van der Waals surface area contributed by atoms with Gasteiger partial charge in [-0.05, 0) is 38.9 Å². The van der Waals surface area contributed by atoms with Crippen molar-refractivity contribution in [2.24, 2.45) is 0 Å². The molecule has 0 fully saturated rings. The second-order valence-corrected chi connectivity index (χ2v) is 5.46. The molecule has 100 valence electrons. The lowest BCUT2D eigenvalue weighted by atomic mass is 10.1. The summed E-state index contributed by atoms with van der Waals surface area (Å²) in [6.07, 6.45) is 1.84. The van der Waals surface area contributed by atoms with Gasteiger partial charge in [-0.2, -0.15) is 0 Å². The molecule has 0 radical (unpaired) electrons. The highest BCUT2D eigenvalue weighted by atomic mass is 16.5. The number of benzene rings is 1. The summed E-state index contributed by atoms with van der Waals surface area (Å²) >= 11 is 0. The first kappa shape index (κ1) is 13.4. The summed E-state index contributed by atoms with van der Waals surface area (Å²) < 4.78 is 5.94. The van der Waals surface area contributed by atoms with E-state index in [1.165, 1.54) is 11.1 Å². The highest BCUT2D eigenvalue weighted by molar-refractivity contribution is 5.40. The summed E-state index contributed by atoms with van der Waals surface area (Å²) in [7, 11) is 2.08. The van der Waals surface area contributed by atoms with Gasteiger partial charge in [0, 0.05) is 19.5 Å². The molecule has 1 aliphatic heterocycles. The fraction of sp³-hybridized carbons (Fsp3) is 0.600. The van der Waals surface area contributed by atoms with E-state index in [1.807, 2.05) is 6.92 Å². The molecule has 1 aromatic rings. The zero-order valence-electron chi connectivity index (χ0n) is 11.5. The first-order valence-corrected chi connectivity index (χ1v) is 6.67. The molecule has 0 saturated heterocycles. The van der Waals surface area contributed by atoms with E-state index >= 15 is 0 Å². The van der Waals surface area contributed by atoms with Crippen molar-refractivity contribution >= 4 is 0 Å². The molecule has 2 rings (SSSR count). The van der Waals surface area contributed by atoms with Crippen molar-refractivity contribution in [3.63, 3.8) is 0 Å². The topological polar surface area (TPSA) is 32.7 Å². The lowest BCUT2D eigenvalue weighted by molar-refractivity contribution is 0.136. The molecule has 0 saturated carbocycles. The molecule has 18 heavy (non-hydrogen) atoms. The van der Waals surface area contributed by atoms with E-state index in [0.717, 1.165) is 31.7 Å². The molecular formula is C15H23NO2. The van der Waals surface area contributed by atoms with Crippen LogP contribution in [0.5, 0.6) is 5.75 Å². The largest absolute Gasteiger partial charge is 0.488 e. The number of aliphatic hydroxyl groups is 1. The Hall–Kier alpha value is -1.06. The summed E-state index contributed by atoms with van der Waals surface area (Å²) in [5.41, 5.74) is 2.62. The first-order valence-electron chi connectivity index (χ1n) is 6.67. The quantitative estimate of drug-likeness (QED) is 0.866. The van der Waals surface area contributed by atoms with Crippen molar-refractivity contribution in [3.05, 3.63) is 29.3 Å². The highest BCUT2D eigenvalue weighted by Gasteiger charge is 2.23. The predicted octanol–water partition coefficient (Wildman–Crippen LogP) is 2.00. The summed E-state index contributed by atoms with van der Waals surface area (Å²) in [6, 6.07) is 6.38. The van der Waals surface area contributed by atoms with Crippen LogP contribution in [0, 0.1) is 6.92 Å². The second kappa shape index (κ2) is 5.72. The molecular weight excluding hydrogens is 226 g/mol. The summed E-state index contributed by atoms with van der Waals surface area (Å²) in [4.78, 5) is 2.23. The van der Waals surface area contributed by atoms with Crippen LogP contribution in [0.1, 0.15) is 24.5 Å². The molecule has 1 aromatic carbocycles. The number of fused-ring (bicyclic) bond motifs is 1. The maximum Gasteiger partial charge on any atom is 0.123 e. The Bertz CT molecular complexity index is 403. The molecule has 0 aliphatic carbocycles. The van der Waals surface area contributed by atoms with E-state index < -0.39 is 0 Å². The van der Waals surface area contributed by atoms with Crippen molar-refractivity contribution in [2.75, 3.05) is 20.1 Å². The van der Waals surface area contributed by atoms with Crippen LogP contribution in [0.15, 0.2) is 18.2 Å². The molecule has 1 heterocycles. The molecule has 2 unspecified atom stereocenters. The zero-order valence-corrected chi connectivity index (χ0v) is 11.5. The van der Waals surface area contributed by atoms with Crippen LogP contribution in [0.3, 0.4) is 0 Å². The van der Waals surface area contributed by atoms with Gasteiger partial charge in [0.15, 0.2) is 0 Å². The Morgan fingerprint density at radius 1 is 1.50 bits per heavy atom. The lowest BCUT2D eigenvalue weighted by Crippen LogP contribution is -2.33. The van der Waals surface area contributed by atoms with Gasteiger partial charge in [0.2, 0.25) is 0 Å². The number of nitrogens with zero attached hydrogens (tertiary/aromatic N) is 1. The smallest absolute Gasteiger partial charge is 0.123 e. The van der Waals surface area contributed by atoms with Gasteiger partial charge in [-0.25, -0.2) is 0 Å². The minimum absolute atomic E-state index is 0.225. The first-order chi connectivity index (χ1) is 8.54. The maximum absolute atomic E-state index is 9.28. The SMILES string of the molecule is Cc1ccc2c(c1)CC(CN(C)CCC(C)O)O2. The fourth-order valence-corrected chi connectivity index (χ4v) is 2.40. The van der Waals surface area contributed by atoms with Crippen LogP contribution >= 0.6 is 0 Å². The van der Waals surface area contributed by atoms with Gasteiger partial charge >= 0.3 is 0 Å². The minimum atomic E-state index is -0.225. The fourth-order valence-electron chi connectivity index (χ4n) is 2.40. The Morgan fingerprint density at radius 3 is 3.00 bits per heavy atom. The van der Waals surface area contributed by atoms with Gasteiger partial charge in [0.25, 0.3) is 0 Å². The minimum Gasteiger partial charge on any atom is -0.488 e. The van der Waals surface area contributed by atoms with E-state index in [4.69, 9.17) is 4.74 Å². The molecule has 0 spiro atoms. The number of aryl methyl sites for hydroxylation is 1. The molecule has 0 aromatic heterocycles. The number of ether oxygens (including phenoxy) is 1. The van der Waals surface area contributed by atoms with Gasteiger partial charge < -0.3 is 14.7 Å². The Kier molecular flexibility index (Phi) is 4.25. The van der Waals surface area contributed by atoms with E-state index in [2.05, 4.69) is 37.1 Å². The van der Waals surface area contributed by atoms with Crippen LogP contribution in [0.4, 0.5) is 0 Å². The monoisotopic (exact) mass is 249 g/mol. The normalized spacial score (nSPS) is 19.7. The molecule has 3 nitrogen and oxygen atoms in total. The summed E-state index contributed by atoms with van der Waals surface area (Å²) in [5.74, 6) is 1.04. The third-order valence-corrected chi connectivity index (χ3v) is 3.40. The number of aliphatic hydroxyl groups excluding tert-OH is 1. The standard InChI is InChI=1S/C15H23NO2/c1-11-4-5-15-13(8-11)9-14(18-15)10-16(3)7-6-12(2)17/h4-5,8,12,14,17H,6-7,9-10H2,1-3H3. The van der Waals surface area contributed by atoms with Crippen LogP contribution in [-0.2, 0) is 6.42 Å². The van der Waals surface area contributed by atoms with E-state index in [9.17, 15) is 5.11 Å². The van der Waals surface area contributed by atoms with Gasteiger partial charge in [0.05, 0.1) is 6.10 Å². The third kappa shape index (κ3) is 3.47. The van der Waals surface area contributed by atoms with Gasteiger partial charge in [0.1, 0.15) is 11.9 Å². The van der Waals surface area contributed by atoms with Crippen LogP contribution in [0.2, 0.25) is 0 Å². The average Bonchev–Trinajstić information content (AvgIpc) is 2.67. The molecule has 2 atom stereocenters. The van der Waals surface area contributed by atoms with E-state index in [-0.39, 0.29) is 12.2 Å². The highest BCUT2D eigenvalue weighted by Crippen LogP contribution is 2.29. The third-order valence-electron chi connectivity index (χ3n) is 3.40. The van der Waals surface area contributed by atoms with Crippen molar-refractivity contribution in [1.29, 1.82) is 0 Å². The molecule has 1 aliphatic rings. The summed E-state index contributed by atoms with van der Waals surface area (Å²) in [6.45, 7) is 5.77. The predicted molar refractivity (Wildman–Crippen MR) is 73.1 cm³/mol. The maximum atomic E-state index is 9.28. The number of hydrogen-bond acceptors (Lipinski definition) is 3. The van der Waals surface area contributed by atoms with Crippen molar-refractivity contribution in [3.8, 4) is 5.75 Å². The van der Waals surface area contributed by atoms with E-state index in [0.29, 0.717) is 0 Å². The second-order valence-electron chi connectivity index (χ2n) is 5.46. The zero-order chi connectivity index (χ0) is 13.1. The van der Waals surface area contributed by atoms with Crippen LogP contribution in [-0.4, -0.2) is 42.4 Å². The molecule has 1 N–H and O–H groups in total. The molecule has 0 amide bonds. The van der Waals surface area contributed by atoms with Gasteiger partial charge in [-0.15, -0.1) is 0 Å². The van der Waals surface area contributed by atoms with Crippen LogP contribution in [0.25, 0.3) is 0 Å². The molecule has 3 heteroatoms. The Balaban J connectivity index is 1.84.